The minimum absolute atomic E-state index is 0.122. The molecule has 0 bridgehead atoms. The van der Waals surface area contributed by atoms with Crippen LogP contribution in [0.5, 0.6) is 11.5 Å². The van der Waals surface area contributed by atoms with E-state index >= 15 is 0 Å². The van der Waals surface area contributed by atoms with E-state index in [9.17, 15) is 10.1 Å². The Labute approximate surface area is 127 Å². The number of ether oxygens (including phenoxy) is 1. The van der Waals surface area contributed by atoms with Crippen LogP contribution in [0, 0.1) is 21.4 Å². The molecular formula is C13H6BrClN2O3. The van der Waals surface area contributed by atoms with Crippen molar-refractivity contribution < 1.29 is 9.66 Å². The van der Waals surface area contributed by atoms with Gasteiger partial charge in [-0.1, -0.05) is 23.7 Å². The highest BCUT2D eigenvalue weighted by Crippen LogP contribution is 2.38. The van der Waals surface area contributed by atoms with Crippen LogP contribution in [0.15, 0.2) is 40.9 Å². The van der Waals surface area contributed by atoms with Crippen molar-refractivity contribution >= 4 is 33.2 Å². The van der Waals surface area contributed by atoms with Crippen molar-refractivity contribution in [2.24, 2.45) is 0 Å². The molecule has 100 valence electrons. The Balaban J connectivity index is 2.47. The third-order valence-electron chi connectivity index (χ3n) is 2.45. The van der Waals surface area contributed by atoms with E-state index in [4.69, 9.17) is 21.6 Å². The summed E-state index contributed by atoms with van der Waals surface area (Å²) in [5, 5.41) is 20.2. The van der Waals surface area contributed by atoms with Crippen molar-refractivity contribution in [1.82, 2.24) is 0 Å². The summed E-state index contributed by atoms with van der Waals surface area (Å²) in [5.74, 6) is 0.471. The van der Waals surface area contributed by atoms with Crippen LogP contribution in [0.25, 0.3) is 0 Å². The van der Waals surface area contributed by atoms with Crippen molar-refractivity contribution in [2.45, 2.75) is 0 Å². The highest BCUT2D eigenvalue weighted by atomic mass is 79.9. The Bertz CT molecular complexity index is 728. The zero-order valence-electron chi connectivity index (χ0n) is 9.84. The average molecular weight is 354 g/mol. The molecule has 0 amide bonds. The van der Waals surface area contributed by atoms with Gasteiger partial charge in [-0.3, -0.25) is 10.1 Å². The number of nitrogens with zero attached hydrogens (tertiary/aromatic N) is 2. The van der Waals surface area contributed by atoms with Crippen LogP contribution >= 0.6 is 27.5 Å². The summed E-state index contributed by atoms with van der Waals surface area (Å²) in [6.07, 6.45) is 0. The number of hydrogen-bond acceptors (Lipinski definition) is 4. The molecule has 0 aliphatic rings. The molecule has 0 radical (unpaired) electrons. The fourth-order valence-corrected chi connectivity index (χ4v) is 2.23. The van der Waals surface area contributed by atoms with Gasteiger partial charge in [0.05, 0.1) is 9.95 Å². The first-order chi connectivity index (χ1) is 9.54. The van der Waals surface area contributed by atoms with Crippen LogP contribution in [0.3, 0.4) is 0 Å². The SMILES string of the molecule is N#Cc1c(Cl)cccc1Oc1cccc([N+](=O)[O-])c1Br. The maximum atomic E-state index is 10.9. The normalized spacial score (nSPS) is 9.85. The molecule has 0 N–H and O–H groups in total. The first-order valence-corrected chi connectivity index (χ1v) is 6.51. The highest BCUT2D eigenvalue weighted by molar-refractivity contribution is 9.10. The first-order valence-electron chi connectivity index (χ1n) is 5.34. The van der Waals surface area contributed by atoms with E-state index in [-0.39, 0.29) is 32.2 Å². The lowest BCUT2D eigenvalue weighted by Gasteiger charge is -2.09. The molecule has 2 aromatic carbocycles. The van der Waals surface area contributed by atoms with Crippen LogP contribution < -0.4 is 4.74 Å². The maximum absolute atomic E-state index is 10.9. The van der Waals surface area contributed by atoms with Gasteiger partial charge in [0.2, 0.25) is 0 Å². The van der Waals surface area contributed by atoms with Gasteiger partial charge in [-0.05, 0) is 34.1 Å². The smallest absolute Gasteiger partial charge is 0.287 e. The van der Waals surface area contributed by atoms with E-state index < -0.39 is 4.92 Å². The topological polar surface area (TPSA) is 76.2 Å². The Hall–Kier alpha value is -2.10. The zero-order chi connectivity index (χ0) is 14.7. The van der Waals surface area contributed by atoms with Crippen LogP contribution in [0.4, 0.5) is 5.69 Å². The molecule has 0 atom stereocenters. The van der Waals surface area contributed by atoms with Crippen LogP contribution in [0.2, 0.25) is 5.02 Å². The molecule has 20 heavy (non-hydrogen) atoms. The van der Waals surface area contributed by atoms with Gasteiger partial charge >= 0.3 is 0 Å². The Kier molecular flexibility index (Phi) is 4.23. The van der Waals surface area contributed by atoms with Crippen molar-refractivity contribution in [3.8, 4) is 17.6 Å². The van der Waals surface area contributed by atoms with Crippen LogP contribution in [0.1, 0.15) is 5.56 Å². The monoisotopic (exact) mass is 352 g/mol. The molecule has 5 nitrogen and oxygen atoms in total. The lowest BCUT2D eigenvalue weighted by molar-refractivity contribution is -0.385. The summed E-state index contributed by atoms with van der Waals surface area (Å²) < 4.78 is 5.75. The van der Waals surface area contributed by atoms with Gasteiger partial charge in [0.25, 0.3) is 5.69 Å². The van der Waals surface area contributed by atoms with Gasteiger partial charge in [0, 0.05) is 6.07 Å². The van der Waals surface area contributed by atoms with Gasteiger partial charge in [0.15, 0.2) is 0 Å². The predicted octanol–water partition coefficient (Wildman–Crippen LogP) is 4.67. The van der Waals surface area contributed by atoms with Crippen molar-refractivity contribution in [1.29, 1.82) is 5.26 Å². The highest BCUT2D eigenvalue weighted by Gasteiger charge is 2.17. The Morgan fingerprint density at radius 2 is 1.90 bits per heavy atom. The molecule has 2 rings (SSSR count). The minimum Gasteiger partial charge on any atom is -0.454 e. The third kappa shape index (κ3) is 2.74. The van der Waals surface area contributed by atoms with Crippen molar-refractivity contribution in [2.75, 3.05) is 0 Å². The molecule has 0 heterocycles. The summed E-state index contributed by atoms with van der Waals surface area (Å²) in [4.78, 5) is 10.3. The van der Waals surface area contributed by atoms with Gasteiger partial charge < -0.3 is 4.74 Å². The maximum Gasteiger partial charge on any atom is 0.287 e. The number of hydrogen-bond donors (Lipinski definition) is 0. The number of halogens is 2. The molecule has 0 aliphatic heterocycles. The van der Waals surface area contributed by atoms with Crippen LogP contribution in [-0.2, 0) is 0 Å². The lowest BCUT2D eigenvalue weighted by atomic mass is 10.2. The molecule has 0 fully saturated rings. The standard InChI is InChI=1S/C13H6BrClN2O3/c14-13-10(17(18)19)4-2-6-12(13)20-11-5-1-3-9(15)8(11)7-16/h1-6H. The summed E-state index contributed by atoms with van der Waals surface area (Å²) in [7, 11) is 0. The molecule has 0 spiro atoms. The van der Waals surface area contributed by atoms with Gasteiger partial charge in [0.1, 0.15) is 27.6 Å². The average Bonchev–Trinajstić information content (AvgIpc) is 2.41. The van der Waals surface area contributed by atoms with E-state index in [1.807, 2.05) is 6.07 Å². The lowest BCUT2D eigenvalue weighted by Crippen LogP contribution is -1.93. The molecular weight excluding hydrogens is 348 g/mol. The van der Waals surface area contributed by atoms with Crippen molar-refractivity contribution in [3.63, 3.8) is 0 Å². The second-order valence-electron chi connectivity index (χ2n) is 3.67. The summed E-state index contributed by atoms with van der Waals surface area (Å²) in [6.45, 7) is 0. The largest absolute Gasteiger partial charge is 0.454 e. The summed E-state index contributed by atoms with van der Waals surface area (Å²) in [5.41, 5.74) is 0.0515. The van der Waals surface area contributed by atoms with Crippen LogP contribution in [-0.4, -0.2) is 4.92 Å². The van der Waals surface area contributed by atoms with E-state index in [0.717, 1.165) is 0 Å². The zero-order valence-corrected chi connectivity index (χ0v) is 12.2. The summed E-state index contributed by atoms with van der Waals surface area (Å²) >= 11 is 9.02. The Morgan fingerprint density at radius 1 is 1.25 bits per heavy atom. The number of nitriles is 1. The number of nitro groups is 1. The quantitative estimate of drug-likeness (QED) is 0.593. The number of benzene rings is 2. The third-order valence-corrected chi connectivity index (χ3v) is 3.56. The van der Waals surface area contributed by atoms with Crippen molar-refractivity contribution in [3.05, 3.63) is 61.6 Å². The minimum atomic E-state index is -0.528. The van der Waals surface area contributed by atoms with E-state index in [1.54, 1.807) is 24.3 Å². The molecule has 0 saturated heterocycles. The van der Waals surface area contributed by atoms with E-state index in [1.165, 1.54) is 12.1 Å². The summed E-state index contributed by atoms with van der Waals surface area (Å²) in [6, 6.07) is 11.1. The second-order valence-corrected chi connectivity index (χ2v) is 4.87. The molecule has 0 aliphatic carbocycles. The van der Waals surface area contributed by atoms with Gasteiger partial charge in [-0.15, -0.1) is 0 Å². The van der Waals surface area contributed by atoms with Gasteiger partial charge in [-0.25, -0.2) is 0 Å². The Morgan fingerprint density at radius 3 is 2.55 bits per heavy atom. The molecule has 7 heteroatoms. The molecule has 0 aromatic heterocycles. The predicted molar refractivity (Wildman–Crippen MR) is 77.0 cm³/mol. The molecule has 0 unspecified atom stereocenters. The molecule has 0 saturated carbocycles. The number of nitro benzene ring substituents is 1. The fourth-order valence-electron chi connectivity index (χ4n) is 1.54. The number of rotatable bonds is 3. The van der Waals surface area contributed by atoms with E-state index in [0.29, 0.717) is 0 Å². The first kappa shape index (κ1) is 14.3. The molecule has 2 aromatic rings. The van der Waals surface area contributed by atoms with Gasteiger partial charge in [-0.2, -0.15) is 5.26 Å². The van der Waals surface area contributed by atoms with E-state index in [2.05, 4.69) is 15.9 Å². The second kappa shape index (κ2) is 5.90. The fraction of sp³-hybridized carbons (Fsp3) is 0.